The minimum atomic E-state index is -2.94. The SMILES string of the molecule is Cc1ccc(C(=O)N2CCCC2)cc1NC1=N[C@H]2CS(=O)(=O)C[C@H]2S1. The number of amides is 1. The van der Waals surface area contributed by atoms with Crippen molar-refractivity contribution < 1.29 is 13.2 Å². The highest BCUT2D eigenvalue weighted by Crippen LogP contribution is 2.35. The van der Waals surface area contributed by atoms with Crippen LogP contribution in [-0.2, 0) is 9.84 Å². The van der Waals surface area contributed by atoms with Crippen molar-refractivity contribution in [3.8, 4) is 0 Å². The lowest BCUT2D eigenvalue weighted by Gasteiger charge is -2.17. The Morgan fingerprint density at radius 1 is 1.28 bits per heavy atom. The van der Waals surface area contributed by atoms with E-state index in [1.165, 1.54) is 11.8 Å². The van der Waals surface area contributed by atoms with E-state index in [4.69, 9.17) is 0 Å². The van der Waals surface area contributed by atoms with Crippen molar-refractivity contribution in [1.29, 1.82) is 0 Å². The van der Waals surface area contributed by atoms with E-state index in [1.807, 2.05) is 30.0 Å². The van der Waals surface area contributed by atoms with Crippen LogP contribution in [0.4, 0.5) is 5.69 Å². The fourth-order valence-electron chi connectivity index (χ4n) is 3.52. The van der Waals surface area contributed by atoms with Gasteiger partial charge in [-0.2, -0.15) is 0 Å². The second kappa shape index (κ2) is 6.32. The predicted molar refractivity (Wildman–Crippen MR) is 101 cm³/mol. The number of sulfone groups is 1. The summed E-state index contributed by atoms with van der Waals surface area (Å²) >= 11 is 1.49. The maximum absolute atomic E-state index is 12.6. The largest absolute Gasteiger partial charge is 0.339 e. The van der Waals surface area contributed by atoms with Crippen molar-refractivity contribution in [1.82, 2.24) is 4.90 Å². The van der Waals surface area contributed by atoms with Crippen molar-refractivity contribution in [2.75, 3.05) is 29.9 Å². The summed E-state index contributed by atoms with van der Waals surface area (Å²) < 4.78 is 23.3. The molecule has 2 atom stereocenters. The third kappa shape index (κ3) is 3.42. The van der Waals surface area contributed by atoms with Crippen molar-refractivity contribution in [3.63, 3.8) is 0 Å². The zero-order valence-corrected chi connectivity index (χ0v) is 15.7. The highest BCUT2D eigenvalue weighted by molar-refractivity contribution is 8.15. The number of nitrogens with zero attached hydrogens (tertiary/aromatic N) is 2. The lowest BCUT2D eigenvalue weighted by Crippen LogP contribution is -2.27. The minimum Gasteiger partial charge on any atom is -0.339 e. The third-order valence-electron chi connectivity index (χ3n) is 4.94. The Morgan fingerprint density at radius 2 is 2.04 bits per heavy atom. The van der Waals surface area contributed by atoms with Crippen LogP contribution < -0.4 is 5.32 Å². The molecule has 0 unspecified atom stereocenters. The average molecular weight is 380 g/mol. The number of aliphatic imine (C=N–C) groups is 1. The number of carbonyl (C=O) groups is 1. The standard InChI is InChI=1S/C17H21N3O3S2/c1-11-4-5-12(16(21)20-6-2-3-7-20)8-13(11)18-17-19-14-9-25(22,23)10-15(14)24-17/h4-5,8,14-15H,2-3,6-7,9-10H2,1H3,(H,18,19)/t14-,15+/m0/s1. The first-order valence-corrected chi connectivity index (χ1v) is 11.2. The Kier molecular flexibility index (Phi) is 4.27. The normalized spacial score (nSPS) is 27.2. The molecule has 3 aliphatic heterocycles. The molecule has 0 saturated carbocycles. The van der Waals surface area contributed by atoms with E-state index in [2.05, 4.69) is 10.3 Å². The zero-order valence-electron chi connectivity index (χ0n) is 14.1. The molecule has 0 spiro atoms. The van der Waals surface area contributed by atoms with Crippen LogP contribution >= 0.6 is 11.8 Å². The van der Waals surface area contributed by atoms with Crippen molar-refractivity contribution in [3.05, 3.63) is 29.3 Å². The number of hydrogen-bond acceptors (Lipinski definition) is 6. The molecule has 1 aromatic carbocycles. The van der Waals surface area contributed by atoms with Gasteiger partial charge in [-0.25, -0.2) is 8.42 Å². The molecule has 0 aliphatic carbocycles. The fraction of sp³-hybridized carbons (Fsp3) is 0.529. The van der Waals surface area contributed by atoms with E-state index >= 15 is 0 Å². The summed E-state index contributed by atoms with van der Waals surface area (Å²) in [5.41, 5.74) is 2.58. The predicted octanol–water partition coefficient (Wildman–Crippen LogP) is 1.91. The molecule has 2 saturated heterocycles. The molecule has 6 nitrogen and oxygen atoms in total. The molecule has 3 heterocycles. The van der Waals surface area contributed by atoms with Gasteiger partial charge in [0.2, 0.25) is 0 Å². The summed E-state index contributed by atoms with van der Waals surface area (Å²) in [6.45, 7) is 3.64. The van der Waals surface area contributed by atoms with Crippen molar-refractivity contribution in [2.24, 2.45) is 4.99 Å². The van der Waals surface area contributed by atoms with Crippen LogP contribution in [0.25, 0.3) is 0 Å². The highest BCUT2D eigenvalue weighted by atomic mass is 32.2. The van der Waals surface area contributed by atoms with E-state index in [0.717, 1.165) is 42.3 Å². The van der Waals surface area contributed by atoms with E-state index in [9.17, 15) is 13.2 Å². The number of nitrogens with one attached hydrogen (secondary N) is 1. The Labute approximate surface area is 152 Å². The van der Waals surface area contributed by atoms with Gasteiger partial charge < -0.3 is 10.2 Å². The van der Waals surface area contributed by atoms with E-state index < -0.39 is 9.84 Å². The monoisotopic (exact) mass is 379 g/mol. The number of hydrogen-bond donors (Lipinski definition) is 1. The van der Waals surface area contributed by atoms with Gasteiger partial charge in [-0.1, -0.05) is 17.8 Å². The number of fused-ring (bicyclic) bond motifs is 1. The number of likely N-dealkylation sites (tertiary alicyclic amines) is 1. The number of rotatable bonds is 2. The maximum Gasteiger partial charge on any atom is 0.253 e. The third-order valence-corrected chi connectivity index (χ3v) is 8.08. The van der Waals surface area contributed by atoms with E-state index in [1.54, 1.807) is 0 Å². The Hall–Kier alpha value is -1.54. The van der Waals surface area contributed by atoms with Crippen LogP contribution in [0.1, 0.15) is 28.8 Å². The first kappa shape index (κ1) is 16.9. The smallest absolute Gasteiger partial charge is 0.253 e. The van der Waals surface area contributed by atoms with Gasteiger partial charge in [-0.3, -0.25) is 9.79 Å². The Morgan fingerprint density at radius 3 is 2.76 bits per heavy atom. The molecule has 4 rings (SSSR count). The molecule has 3 aliphatic rings. The fourth-order valence-corrected chi connectivity index (χ4v) is 7.19. The average Bonchev–Trinajstić information content (AvgIpc) is 3.23. The lowest BCUT2D eigenvalue weighted by molar-refractivity contribution is 0.0793. The molecule has 1 amide bonds. The van der Waals surface area contributed by atoms with Gasteiger partial charge in [0.05, 0.1) is 17.5 Å². The van der Waals surface area contributed by atoms with Crippen LogP contribution in [0, 0.1) is 6.92 Å². The van der Waals surface area contributed by atoms with Gasteiger partial charge in [0.1, 0.15) is 0 Å². The molecular formula is C17H21N3O3S2. The second-order valence-electron chi connectivity index (χ2n) is 6.89. The van der Waals surface area contributed by atoms with Crippen LogP contribution in [0.2, 0.25) is 0 Å². The van der Waals surface area contributed by atoms with Crippen LogP contribution in [-0.4, -0.2) is 60.3 Å². The number of benzene rings is 1. The topological polar surface area (TPSA) is 78.8 Å². The van der Waals surface area contributed by atoms with Crippen molar-refractivity contribution in [2.45, 2.75) is 31.1 Å². The molecule has 134 valence electrons. The maximum atomic E-state index is 12.6. The summed E-state index contributed by atoms with van der Waals surface area (Å²) in [4.78, 5) is 19.0. The Bertz CT molecular complexity index is 845. The van der Waals surface area contributed by atoms with Crippen LogP contribution in [0.5, 0.6) is 0 Å². The summed E-state index contributed by atoms with van der Waals surface area (Å²) in [5.74, 6) is 0.413. The molecule has 1 N–H and O–H groups in total. The molecule has 2 fully saturated rings. The highest BCUT2D eigenvalue weighted by Gasteiger charge is 2.42. The Balaban J connectivity index is 1.51. The van der Waals surface area contributed by atoms with Gasteiger partial charge in [-0.15, -0.1) is 0 Å². The number of carbonyl (C=O) groups excluding carboxylic acids is 1. The van der Waals surface area contributed by atoms with E-state index in [-0.39, 0.29) is 28.7 Å². The van der Waals surface area contributed by atoms with Crippen LogP contribution in [0.3, 0.4) is 0 Å². The number of amidine groups is 1. The second-order valence-corrected chi connectivity index (χ2v) is 10.3. The van der Waals surface area contributed by atoms with E-state index in [0.29, 0.717) is 5.56 Å². The molecule has 0 aromatic heterocycles. The molecule has 8 heteroatoms. The van der Waals surface area contributed by atoms with Crippen molar-refractivity contribution >= 4 is 38.4 Å². The summed E-state index contributed by atoms with van der Waals surface area (Å²) in [6, 6.07) is 5.54. The molecule has 0 bridgehead atoms. The van der Waals surface area contributed by atoms with Gasteiger partial charge in [0.15, 0.2) is 15.0 Å². The zero-order chi connectivity index (χ0) is 17.6. The van der Waals surface area contributed by atoms with Crippen LogP contribution in [0.15, 0.2) is 23.2 Å². The van der Waals surface area contributed by atoms with Gasteiger partial charge in [0.25, 0.3) is 5.91 Å². The number of aryl methyl sites for hydroxylation is 1. The molecular weight excluding hydrogens is 358 g/mol. The quantitative estimate of drug-likeness (QED) is 0.849. The number of thioether (sulfide) groups is 1. The molecule has 1 aromatic rings. The summed E-state index contributed by atoms with van der Waals surface area (Å²) in [7, 11) is -2.94. The van der Waals surface area contributed by atoms with Gasteiger partial charge in [-0.05, 0) is 37.5 Å². The lowest BCUT2D eigenvalue weighted by atomic mass is 10.1. The van der Waals surface area contributed by atoms with Gasteiger partial charge >= 0.3 is 0 Å². The summed E-state index contributed by atoms with van der Waals surface area (Å²) in [5, 5.41) is 4.06. The summed E-state index contributed by atoms with van der Waals surface area (Å²) in [6.07, 6.45) is 2.14. The first-order valence-electron chi connectivity index (χ1n) is 8.53. The molecule has 0 radical (unpaired) electrons. The minimum absolute atomic E-state index is 0.0159. The van der Waals surface area contributed by atoms with Gasteiger partial charge in [0, 0.05) is 29.6 Å². The number of anilines is 1. The first-order chi connectivity index (χ1) is 11.9. The molecule has 25 heavy (non-hydrogen) atoms.